The van der Waals surface area contributed by atoms with E-state index >= 15 is 0 Å². The molecule has 0 radical (unpaired) electrons. The smallest absolute Gasteiger partial charge is 0.870 e. The first-order valence-electron chi connectivity index (χ1n) is 5.61. The number of ether oxygens (including phenoxy) is 1. The zero-order chi connectivity index (χ0) is 14.0. The molecular formula is C12H14KN4O4-. The van der Waals surface area contributed by atoms with E-state index in [4.69, 9.17) is 4.74 Å². The van der Waals surface area contributed by atoms with Crippen LogP contribution in [-0.2, 0) is 9.53 Å². The summed E-state index contributed by atoms with van der Waals surface area (Å²) in [6, 6.07) is 0. The summed E-state index contributed by atoms with van der Waals surface area (Å²) in [5.74, 6) is 0. The minimum atomic E-state index is -0.594. The van der Waals surface area contributed by atoms with Gasteiger partial charge in [-0.15, -0.1) is 0 Å². The summed E-state index contributed by atoms with van der Waals surface area (Å²) in [5.41, 5.74) is 0.792. The number of nitrogens with zero attached hydrogens (tertiary/aromatic N) is 2. The third-order valence-corrected chi connectivity index (χ3v) is 2.20. The number of hydrogen-bond donors (Lipinski definition) is 2. The molecular weight excluding hydrogens is 303 g/mol. The van der Waals surface area contributed by atoms with E-state index in [9.17, 15) is 9.59 Å². The topological polar surface area (TPSA) is 127 Å². The van der Waals surface area contributed by atoms with Crippen molar-refractivity contribution >= 4 is 29.1 Å². The van der Waals surface area contributed by atoms with Crippen molar-refractivity contribution in [2.24, 2.45) is 0 Å². The predicted molar refractivity (Wildman–Crippen MR) is 70.5 cm³/mol. The van der Waals surface area contributed by atoms with Crippen molar-refractivity contribution in [2.75, 3.05) is 5.32 Å². The molecule has 0 saturated carbocycles. The Morgan fingerprint density at radius 2 is 2.05 bits per heavy atom. The van der Waals surface area contributed by atoms with Crippen LogP contribution in [-0.4, -0.2) is 38.4 Å². The van der Waals surface area contributed by atoms with Crippen molar-refractivity contribution in [1.82, 2.24) is 15.0 Å². The molecule has 2 rings (SSSR count). The second-order valence-electron chi connectivity index (χ2n) is 4.88. The number of carbonyl (C=O) groups excluding carboxylic acids is 2. The summed E-state index contributed by atoms with van der Waals surface area (Å²) in [7, 11) is 0. The number of aromatic amines is 1. The summed E-state index contributed by atoms with van der Waals surface area (Å²) < 4.78 is 5.13. The van der Waals surface area contributed by atoms with Crippen LogP contribution in [0.3, 0.4) is 0 Å². The van der Waals surface area contributed by atoms with Gasteiger partial charge in [-0.3, -0.25) is 15.3 Å². The Hall–Kier alpha value is -0.844. The Morgan fingerprint density at radius 3 is 2.62 bits per heavy atom. The quantitative estimate of drug-likeness (QED) is 0.517. The van der Waals surface area contributed by atoms with E-state index in [0.29, 0.717) is 16.7 Å². The van der Waals surface area contributed by atoms with Crippen molar-refractivity contribution in [3.8, 4) is 0 Å². The average Bonchev–Trinajstić information content (AvgIpc) is 2.70. The number of amides is 1. The normalized spacial score (nSPS) is 10.2. The number of fused-ring (bicyclic) bond motifs is 1. The molecule has 0 saturated heterocycles. The predicted octanol–water partition coefficient (Wildman–Crippen LogP) is -1.41. The molecule has 0 atom stereocenters. The summed E-state index contributed by atoms with van der Waals surface area (Å²) in [5, 5.41) is 2.56. The molecule has 0 unspecified atom stereocenters. The van der Waals surface area contributed by atoms with E-state index in [0.717, 1.165) is 0 Å². The molecule has 0 aliphatic heterocycles. The van der Waals surface area contributed by atoms with E-state index in [1.54, 1.807) is 27.1 Å². The van der Waals surface area contributed by atoms with Crippen LogP contribution >= 0.6 is 0 Å². The monoisotopic (exact) mass is 317 g/mol. The zero-order valence-electron chi connectivity index (χ0n) is 12.2. The Bertz CT molecular complexity index is 636. The number of aromatic nitrogens is 3. The Labute approximate surface area is 163 Å². The molecule has 2 heterocycles. The molecule has 0 aliphatic rings. The van der Waals surface area contributed by atoms with Crippen LogP contribution in [0.15, 0.2) is 12.5 Å². The van der Waals surface area contributed by atoms with Gasteiger partial charge in [-0.05, 0) is 26.5 Å². The van der Waals surface area contributed by atoms with Gasteiger partial charge in [0, 0.05) is 18.0 Å². The fourth-order valence-electron chi connectivity index (χ4n) is 1.53. The maximum atomic E-state index is 11.7. The van der Waals surface area contributed by atoms with Crippen LogP contribution in [0.25, 0.3) is 11.0 Å². The third kappa shape index (κ3) is 5.13. The molecule has 0 spiro atoms. The van der Waals surface area contributed by atoms with Gasteiger partial charge in [-0.25, -0.2) is 4.79 Å². The van der Waals surface area contributed by atoms with Crippen molar-refractivity contribution in [1.29, 1.82) is 0 Å². The SMILES string of the molecule is CC(C)(C)OC(=O)Nc1c[nH]c2c([C-]=O)ncnc12.[K+].[OH-]. The number of anilines is 1. The second kappa shape index (κ2) is 7.97. The number of H-pyrrole nitrogens is 1. The molecule has 1 amide bonds. The molecule has 0 bridgehead atoms. The van der Waals surface area contributed by atoms with E-state index in [-0.39, 0.29) is 62.6 Å². The number of nitrogens with one attached hydrogen (secondary N) is 2. The fourth-order valence-corrected chi connectivity index (χ4v) is 1.53. The van der Waals surface area contributed by atoms with Crippen LogP contribution in [0, 0.1) is 0 Å². The number of carbonyl (C=O) groups is 1. The van der Waals surface area contributed by atoms with Gasteiger partial charge >= 0.3 is 57.5 Å². The maximum absolute atomic E-state index is 11.7. The summed E-state index contributed by atoms with van der Waals surface area (Å²) in [6.07, 6.45) is 3.86. The van der Waals surface area contributed by atoms with Crippen LogP contribution in [0.2, 0.25) is 0 Å². The van der Waals surface area contributed by atoms with Crippen molar-refractivity contribution in [3.05, 3.63) is 18.2 Å². The summed E-state index contributed by atoms with van der Waals surface area (Å²) in [4.78, 5) is 32.9. The molecule has 108 valence electrons. The minimum absolute atomic E-state index is 0. The van der Waals surface area contributed by atoms with E-state index in [1.807, 2.05) is 0 Å². The number of rotatable bonds is 2. The molecule has 8 nitrogen and oxygen atoms in total. The van der Waals surface area contributed by atoms with E-state index in [2.05, 4.69) is 20.3 Å². The van der Waals surface area contributed by atoms with Crippen LogP contribution < -0.4 is 56.7 Å². The largest absolute Gasteiger partial charge is 1.00 e. The van der Waals surface area contributed by atoms with Crippen LogP contribution in [0.1, 0.15) is 26.5 Å². The van der Waals surface area contributed by atoms with Gasteiger partial charge in [0.1, 0.15) is 11.9 Å². The van der Waals surface area contributed by atoms with Gasteiger partial charge < -0.3 is 20.0 Å². The maximum Gasteiger partial charge on any atom is 1.00 e. The van der Waals surface area contributed by atoms with Gasteiger partial charge in [0.25, 0.3) is 0 Å². The first kappa shape index (κ1) is 20.2. The Balaban J connectivity index is 0.00000200. The van der Waals surface area contributed by atoms with Gasteiger partial charge in [0.2, 0.25) is 0 Å². The summed E-state index contributed by atoms with van der Waals surface area (Å²) in [6.45, 7) is 5.30. The molecule has 9 heteroatoms. The third-order valence-electron chi connectivity index (χ3n) is 2.20. The minimum Gasteiger partial charge on any atom is -0.870 e. The van der Waals surface area contributed by atoms with Gasteiger partial charge in [-0.1, -0.05) is 5.52 Å². The summed E-state index contributed by atoms with van der Waals surface area (Å²) >= 11 is 0. The Morgan fingerprint density at radius 1 is 1.38 bits per heavy atom. The van der Waals surface area contributed by atoms with Gasteiger partial charge in [0.05, 0.1) is 5.69 Å². The first-order valence-corrected chi connectivity index (χ1v) is 5.61. The fraction of sp³-hybridized carbons (Fsp3) is 0.333. The van der Waals surface area contributed by atoms with E-state index < -0.39 is 11.7 Å². The molecule has 0 fully saturated rings. The van der Waals surface area contributed by atoms with Gasteiger partial charge in [-0.2, -0.15) is 0 Å². The van der Waals surface area contributed by atoms with Gasteiger partial charge in [0.15, 0.2) is 0 Å². The van der Waals surface area contributed by atoms with Crippen LogP contribution in [0.5, 0.6) is 0 Å². The van der Waals surface area contributed by atoms with E-state index in [1.165, 1.54) is 12.5 Å². The van der Waals surface area contributed by atoms with Crippen molar-refractivity contribution < 1.29 is 71.2 Å². The molecule has 21 heavy (non-hydrogen) atoms. The second-order valence-corrected chi connectivity index (χ2v) is 4.88. The molecule has 0 aromatic carbocycles. The molecule has 3 N–H and O–H groups in total. The number of hydrogen-bond acceptors (Lipinski definition) is 6. The van der Waals surface area contributed by atoms with Crippen molar-refractivity contribution in [2.45, 2.75) is 26.4 Å². The average molecular weight is 317 g/mol. The molecule has 0 aliphatic carbocycles. The molecule has 2 aromatic rings. The van der Waals surface area contributed by atoms with Crippen molar-refractivity contribution in [3.63, 3.8) is 0 Å². The zero-order valence-corrected chi connectivity index (χ0v) is 15.3. The Kier molecular flexibility index (Phi) is 7.65. The standard InChI is InChI=1S/C12H13N4O3.K.H2O/c1-12(2,3)19-11(18)16-7-4-13-10-8(5-17)14-6-15-9(7)10;;/h4,6,13H,1-3H3,(H,16,18);;1H2/q-1;+1;/p-1. The van der Waals surface area contributed by atoms with Crippen LogP contribution in [0.4, 0.5) is 10.5 Å². The first-order chi connectivity index (χ1) is 8.90. The molecule has 2 aromatic heterocycles.